The molecule has 1 N–H and O–H groups in total. The highest BCUT2D eigenvalue weighted by atomic mass is 35.5. The fourth-order valence-electron chi connectivity index (χ4n) is 2.36. The normalized spacial score (nSPS) is 11.6. The minimum absolute atomic E-state index is 0.0499. The summed E-state index contributed by atoms with van der Waals surface area (Å²) in [5.41, 5.74) is -1.13. The van der Waals surface area contributed by atoms with Gasteiger partial charge in [-0.1, -0.05) is 32.4 Å². The molecule has 0 atom stereocenters. The molecule has 1 amide bonds. The van der Waals surface area contributed by atoms with Gasteiger partial charge in [0, 0.05) is 19.2 Å². The smallest absolute Gasteiger partial charge is 0.271 e. The van der Waals surface area contributed by atoms with Gasteiger partial charge in [0.15, 0.2) is 17.4 Å². The summed E-state index contributed by atoms with van der Waals surface area (Å²) in [7, 11) is 1.45. The third kappa shape index (κ3) is 4.40. The molecule has 0 aliphatic rings. The summed E-state index contributed by atoms with van der Waals surface area (Å²) in [6.45, 7) is 5.79. The number of ether oxygens (including phenoxy) is 1. The molecule has 0 aliphatic carbocycles. The predicted molar refractivity (Wildman–Crippen MR) is 95.3 cm³/mol. The van der Waals surface area contributed by atoms with Crippen LogP contribution in [0.25, 0.3) is 0 Å². The number of amides is 1. The number of carbonyl (C=O) groups excluding carboxylic acids is 1. The fraction of sp³-hybridized carbons (Fsp3) is 0.444. The van der Waals surface area contributed by atoms with Crippen LogP contribution in [0.4, 0.5) is 17.6 Å². The fourth-order valence-corrected chi connectivity index (χ4v) is 2.60. The largest absolute Gasteiger partial charge is 0.487 e. The van der Waals surface area contributed by atoms with E-state index in [0.29, 0.717) is 5.69 Å². The van der Waals surface area contributed by atoms with E-state index in [2.05, 4.69) is 10.4 Å². The first kappa shape index (κ1) is 22.0. The molecule has 10 heteroatoms. The number of aryl methyl sites for hydroxylation is 2. The maximum absolute atomic E-state index is 14.3. The third-order valence-electron chi connectivity index (χ3n) is 3.75. The molecule has 0 saturated heterocycles. The maximum atomic E-state index is 14.3. The first-order valence-corrected chi connectivity index (χ1v) is 8.67. The molecule has 0 unspecified atom stereocenters. The summed E-state index contributed by atoms with van der Waals surface area (Å²) in [4.78, 5) is 12.2. The molecule has 2 rings (SSSR count). The number of rotatable bonds is 5. The van der Waals surface area contributed by atoms with Gasteiger partial charge in [-0.25, -0.2) is 8.78 Å². The van der Waals surface area contributed by atoms with E-state index >= 15 is 0 Å². The van der Waals surface area contributed by atoms with E-state index in [1.54, 1.807) is 27.7 Å². The zero-order chi connectivity index (χ0) is 21.4. The van der Waals surface area contributed by atoms with Crippen molar-refractivity contribution in [1.29, 1.82) is 0 Å². The van der Waals surface area contributed by atoms with E-state index in [4.69, 9.17) is 16.3 Å². The molecule has 154 valence electrons. The average molecular weight is 422 g/mol. The van der Waals surface area contributed by atoms with Crippen LogP contribution in [0.3, 0.4) is 0 Å². The summed E-state index contributed by atoms with van der Waals surface area (Å²) < 4.78 is 63.1. The van der Waals surface area contributed by atoms with E-state index in [9.17, 15) is 22.4 Å². The van der Waals surface area contributed by atoms with Crippen LogP contribution in [0.2, 0.25) is 5.02 Å². The molecule has 1 aromatic carbocycles. The van der Waals surface area contributed by atoms with Crippen LogP contribution in [0.5, 0.6) is 5.75 Å². The van der Waals surface area contributed by atoms with Crippen LogP contribution in [-0.4, -0.2) is 22.3 Å². The predicted octanol–water partition coefficient (Wildman–Crippen LogP) is 4.29. The lowest BCUT2D eigenvalue weighted by molar-refractivity contribution is 0.0940. The van der Waals surface area contributed by atoms with Gasteiger partial charge < -0.3 is 10.1 Å². The number of hydrogen-bond acceptors (Lipinski definition) is 3. The Morgan fingerprint density at radius 2 is 1.68 bits per heavy atom. The lowest BCUT2D eigenvalue weighted by Crippen LogP contribution is -2.27. The van der Waals surface area contributed by atoms with Gasteiger partial charge >= 0.3 is 0 Å². The lowest BCUT2D eigenvalue weighted by atomic mass is 9.99. The first-order valence-electron chi connectivity index (χ1n) is 8.30. The number of halogens is 5. The highest BCUT2D eigenvalue weighted by molar-refractivity contribution is 6.34. The standard InChI is InChI=1S/C18H20ClF4N3O2/c1-8-10(19)15(26(5)25-8)17(27)24-6-9-11(20)13(22)16(14(23)12(9)21)28-7-18(2,3)4/h6-7H2,1-5H3,(H,24,27). The molecule has 2 aromatic rings. The van der Waals surface area contributed by atoms with Crippen molar-refractivity contribution in [3.8, 4) is 5.75 Å². The van der Waals surface area contributed by atoms with Crippen LogP contribution >= 0.6 is 11.6 Å². The molecular weight excluding hydrogens is 402 g/mol. The monoisotopic (exact) mass is 421 g/mol. The van der Waals surface area contributed by atoms with Gasteiger partial charge in [-0.3, -0.25) is 9.48 Å². The molecule has 0 radical (unpaired) electrons. The van der Waals surface area contributed by atoms with E-state index in [1.807, 2.05) is 0 Å². The van der Waals surface area contributed by atoms with Gasteiger partial charge in [-0.2, -0.15) is 13.9 Å². The van der Waals surface area contributed by atoms with Gasteiger partial charge in [0.25, 0.3) is 5.91 Å². The molecular formula is C18H20ClF4N3O2. The molecule has 5 nitrogen and oxygen atoms in total. The molecule has 0 bridgehead atoms. The van der Waals surface area contributed by atoms with Gasteiger partial charge in [-0.15, -0.1) is 0 Å². The molecule has 0 fully saturated rings. The topological polar surface area (TPSA) is 56.2 Å². The average Bonchev–Trinajstić information content (AvgIpc) is 2.84. The number of benzene rings is 1. The van der Waals surface area contributed by atoms with Crippen LogP contribution < -0.4 is 10.1 Å². The molecule has 0 saturated carbocycles. The SMILES string of the molecule is Cc1nn(C)c(C(=O)NCc2c(F)c(F)c(OCC(C)(C)C)c(F)c2F)c1Cl. The Morgan fingerprint density at radius 3 is 2.11 bits per heavy atom. The maximum Gasteiger partial charge on any atom is 0.271 e. The van der Waals surface area contributed by atoms with Gasteiger partial charge in [0.1, 0.15) is 5.69 Å². The van der Waals surface area contributed by atoms with Crippen LogP contribution in [0.15, 0.2) is 0 Å². The van der Waals surface area contributed by atoms with Crippen molar-refractivity contribution in [3.05, 3.63) is 45.2 Å². The Balaban J connectivity index is 2.28. The number of nitrogens with zero attached hydrogens (tertiary/aromatic N) is 2. The summed E-state index contributed by atoms with van der Waals surface area (Å²) >= 11 is 5.97. The summed E-state index contributed by atoms with van der Waals surface area (Å²) in [6.07, 6.45) is 0. The Kier molecular flexibility index (Phi) is 6.27. The van der Waals surface area contributed by atoms with Gasteiger partial charge in [-0.05, 0) is 12.3 Å². The highest BCUT2D eigenvalue weighted by Gasteiger charge is 2.28. The van der Waals surface area contributed by atoms with E-state index in [1.165, 1.54) is 11.7 Å². The Morgan fingerprint density at radius 1 is 1.14 bits per heavy atom. The molecule has 1 aromatic heterocycles. The van der Waals surface area contributed by atoms with Crippen molar-refractivity contribution in [2.24, 2.45) is 12.5 Å². The van der Waals surface area contributed by atoms with E-state index in [-0.39, 0.29) is 17.3 Å². The second kappa shape index (κ2) is 7.98. The minimum atomic E-state index is -1.66. The number of hydrogen-bond donors (Lipinski definition) is 1. The van der Waals surface area contributed by atoms with Gasteiger partial charge in [0.2, 0.25) is 11.6 Å². The van der Waals surface area contributed by atoms with Crippen molar-refractivity contribution >= 4 is 17.5 Å². The van der Waals surface area contributed by atoms with Crippen molar-refractivity contribution in [3.63, 3.8) is 0 Å². The molecule has 0 aliphatic heterocycles. The quantitative estimate of drug-likeness (QED) is 0.578. The lowest BCUT2D eigenvalue weighted by Gasteiger charge is -2.20. The van der Waals surface area contributed by atoms with Crippen molar-refractivity contribution in [1.82, 2.24) is 15.1 Å². The number of carbonyl (C=O) groups is 1. The number of aromatic nitrogens is 2. The molecule has 1 heterocycles. The summed E-state index contributed by atoms with van der Waals surface area (Å²) in [6, 6.07) is 0. The van der Waals surface area contributed by atoms with Gasteiger partial charge in [0.05, 0.1) is 17.3 Å². The second-order valence-electron chi connectivity index (χ2n) is 7.47. The second-order valence-corrected chi connectivity index (χ2v) is 7.85. The van der Waals surface area contributed by atoms with Crippen LogP contribution in [-0.2, 0) is 13.6 Å². The first-order chi connectivity index (χ1) is 12.8. The van der Waals surface area contributed by atoms with Crippen molar-refractivity contribution in [2.45, 2.75) is 34.2 Å². The van der Waals surface area contributed by atoms with Crippen molar-refractivity contribution in [2.75, 3.05) is 6.61 Å². The zero-order valence-corrected chi connectivity index (χ0v) is 16.8. The van der Waals surface area contributed by atoms with Crippen molar-refractivity contribution < 1.29 is 27.1 Å². The van der Waals surface area contributed by atoms with E-state index < -0.39 is 52.4 Å². The minimum Gasteiger partial charge on any atom is -0.487 e. The van der Waals surface area contributed by atoms with Crippen LogP contribution in [0.1, 0.15) is 42.5 Å². The Hall–Kier alpha value is -2.29. The Labute approximate surface area is 164 Å². The van der Waals surface area contributed by atoms with E-state index in [0.717, 1.165) is 0 Å². The number of nitrogens with one attached hydrogen (secondary N) is 1. The molecule has 0 spiro atoms. The van der Waals surface area contributed by atoms with Crippen LogP contribution in [0, 0.1) is 35.6 Å². The Bertz CT molecular complexity index is 894. The third-order valence-corrected chi connectivity index (χ3v) is 4.21. The summed E-state index contributed by atoms with van der Waals surface area (Å²) in [5, 5.41) is 6.18. The zero-order valence-electron chi connectivity index (χ0n) is 16.0. The molecule has 28 heavy (non-hydrogen) atoms. The highest BCUT2D eigenvalue weighted by Crippen LogP contribution is 2.31. The summed E-state index contributed by atoms with van der Waals surface area (Å²) in [5.74, 6) is -8.56.